The van der Waals surface area contributed by atoms with Gasteiger partial charge in [-0.05, 0) is 26.2 Å². The first-order valence-electron chi connectivity index (χ1n) is 7.58. The van der Waals surface area contributed by atoms with Crippen LogP contribution in [0.25, 0.3) is 0 Å². The molecule has 2 N–H and O–H groups in total. The third kappa shape index (κ3) is 2.24. The fourth-order valence-corrected chi connectivity index (χ4v) is 3.89. The third-order valence-corrected chi connectivity index (χ3v) is 5.16. The molecule has 21 heavy (non-hydrogen) atoms. The molecule has 0 saturated carbocycles. The van der Waals surface area contributed by atoms with Crippen molar-refractivity contribution < 1.29 is 19.5 Å². The van der Waals surface area contributed by atoms with E-state index in [4.69, 9.17) is 0 Å². The van der Waals surface area contributed by atoms with Gasteiger partial charge < -0.3 is 20.2 Å². The van der Waals surface area contributed by atoms with Crippen LogP contribution in [0.5, 0.6) is 0 Å². The Kier molecular flexibility index (Phi) is 3.51. The number of carbonyl (C=O) groups is 3. The second-order valence-corrected chi connectivity index (χ2v) is 6.20. The number of nitrogens with one attached hydrogen (secondary N) is 1. The topological polar surface area (TPSA) is 90.0 Å². The van der Waals surface area contributed by atoms with Crippen molar-refractivity contribution in [3.63, 3.8) is 0 Å². The first-order chi connectivity index (χ1) is 10.0. The number of hydrogen-bond acceptors (Lipinski definition) is 3. The smallest absolute Gasteiger partial charge is 0.320 e. The second kappa shape index (κ2) is 5.20. The lowest BCUT2D eigenvalue weighted by atomic mass is 9.92. The van der Waals surface area contributed by atoms with Gasteiger partial charge in [-0.15, -0.1) is 0 Å². The van der Waals surface area contributed by atoms with E-state index in [2.05, 4.69) is 5.32 Å². The fourth-order valence-electron chi connectivity index (χ4n) is 3.89. The fraction of sp³-hybridized carbons (Fsp3) is 0.786. The Morgan fingerprint density at radius 3 is 2.67 bits per heavy atom. The van der Waals surface area contributed by atoms with E-state index in [-0.39, 0.29) is 29.9 Å². The number of aliphatic carboxylic acids is 1. The third-order valence-electron chi connectivity index (χ3n) is 5.16. The van der Waals surface area contributed by atoms with Crippen LogP contribution < -0.4 is 5.32 Å². The summed E-state index contributed by atoms with van der Waals surface area (Å²) in [6.45, 7) is 3.44. The maximum Gasteiger partial charge on any atom is 0.320 e. The Balaban J connectivity index is 1.73. The Bertz CT molecular complexity index is 481. The maximum absolute atomic E-state index is 12.7. The van der Waals surface area contributed by atoms with Gasteiger partial charge in [0.25, 0.3) is 0 Å². The predicted molar refractivity (Wildman–Crippen MR) is 73.5 cm³/mol. The number of hydrogen-bond donors (Lipinski definition) is 2. The Labute approximate surface area is 123 Å². The van der Waals surface area contributed by atoms with E-state index in [0.717, 1.165) is 12.8 Å². The molecular weight excluding hydrogens is 274 g/mol. The first-order valence-corrected chi connectivity index (χ1v) is 7.58. The van der Waals surface area contributed by atoms with Crippen molar-refractivity contribution in [2.45, 2.75) is 38.3 Å². The highest BCUT2D eigenvalue weighted by Crippen LogP contribution is 2.31. The molecule has 0 radical (unpaired) electrons. The molecule has 3 aliphatic heterocycles. The zero-order chi connectivity index (χ0) is 15.1. The van der Waals surface area contributed by atoms with Crippen LogP contribution in [0.2, 0.25) is 0 Å². The van der Waals surface area contributed by atoms with Gasteiger partial charge in [-0.25, -0.2) is 4.79 Å². The average Bonchev–Trinajstić information content (AvgIpc) is 3.02. The molecule has 0 aromatic heterocycles. The summed E-state index contributed by atoms with van der Waals surface area (Å²) in [5.41, 5.74) is 0. The van der Waals surface area contributed by atoms with Gasteiger partial charge in [0.2, 0.25) is 5.91 Å². The van der Waals surface area contributed by atoms with Crippen molar-refractivity contribution in [1.29, 1.82) is 0 Å². The monoisotopic (exact) mass is 295 g/mol. The van der Waals surface area contributed by atoms with Gasteiger partial charge in [-0.1, -0.05) is 0 Å². The van der Waals surface area contributed by atoms with Crippen LogP contribution in [0, 0.1) is 11.8 Å². The van der Waals surface area contributed by atoms with Gasteiger partial charge in [0.05, 0.1) is 17.9 Å². The number of carbonyl (C=O) groups excluding carboxylic acids is 2. The molecule has 3 fully saturated rings. The van der Waals surface area contributed by atoms with E-state index in [1.807, 2.05) is 0 Å². The number of nitrogens with zero attached hydrogens (tertiary/aromatic N) is 2. The number of fused-ring (bicyclic) bond motifs is 1. The number of carboxylic acids is 1. The molecule has 4 unspecified atom stereocenters. The molecule has 0 aromatic carbocycles. The number of rotatable bonds is 1. The van der Waals surface area contributed by atoms with Gasteiger partial charge in [0.1, 0.15) is 0 Å². The second-order valence-electron chi connectivity index (χ2n) is 6.20. The summed E-state index contributed by atoms with van der Waals surface area (Å²) in [6.07, 6.45) is 2.15. The number of likely N-dealkylation sites (tertiary alicyclic amines) is 2. The maximum atomic E-state index is 12.7. The molecule has 3 heterocycles. The molecule has 0 aromatic rings. The van der Waals surface area contributed by atoms with Crippen molar-refractivity contribution >= 4 is 17.9 Å². The Morgan fingerprint density at radius 2 is 2.00 bits per heavy atom. The number of piperidine rings is 1. The van der Waals surface area contributed by atoms with Crippen molar-refractivity contribution in [2.24, 2.45) is 11.8 Å². The highest BCUT2D eigenvalue weighted by molar-refractivity contribution is 5.84. The minimum Gasteiger partial charge on any atom is -0.481 e. The summed E-state index contributed by atoms with van der Waals surface area (Å²) in [5.74, 6) is -1.39. The Morgan fingerprint density at radius 1 is 1.24 bits per heavy atom. The summed E-state index contributed by atoms with van der Waals surface area (Å²) >= 11 is 0. The minimum atomic E-state index is -0.841. The van der Waals surface area contributed by atoms with Crippen LogP contribution in [0.15, 0.2) is 0 Å². The summed E-state index contributed by atoms with van der Waals surface area (Å²) in [7, 11) is 0. The summed E-state index contributed by atoms with van der Waals surface area (Å²) in [5, 5.41) is 12.0. The average molecular weight is 295 g/mol. The minimum absolute atomic E-state index is 0.0374. The van der Waals surface area contributed by atoms with E-state index < -0.39 is 11.9 Å². The van der Waals surface area contributed by atoms with Crippen molar-refractivity contribution in [3.05, 3.63) is 0 Å². The molecule has 4 atom stereocenters. The molecule has 0 aliphatic carbocycles. The molecule has 3 saturated heterocycles. The summed E-state index contributed by atoms with van der Waals surface area (Å²) in [4.78, 5) is 39.1. The van der Waals surface area contributed by atoms with E-state index in [9.17, 15) is 19.5 Å². The van der Waals surface area contributed by atoms with Crippen LogP contribution in [-0.2, 0) is 9.59 Å². The highest BCUT2D eigenvalue weighted by atomic mass is 16.4. The van der Waals surface area contributed by atoms with Gasteiger partial charge in [-0.3, -0.25) is 9.59 Å². The van der Waals surface area contributed by atoms with Crippen LogP contribution in [0.1, 0.15) is 26.2 Å². The predicted octanol–water partition coefficient (Wildman–Crippen LogP) is 0.112. The van der Waals surface area contributed by atoms with Crippen LogP contribution in [-0.4, -0.2) is 64.5 Å². The Hall–Kier alpha value is -1.79. The number of amides is 3. The van der Waals surface area contributed by atoms with Gasteiger partial charge in [0, 0.05) is 25.7 Å². The molecule has 116 valence electrons. The molecule has 3 rings (SSSR count). The van der Waals surface area contributed by atoms with Crippen LogP contribution in [0.3, 0.4) is 0 Å². The summed E-state index contributed by atoms with van der Waals surface area (Å²) in [6, 6.07) is -0.479. The molecular formula is C14H21N3O4. The lowest BCUT2D eigenvalue weighted by molar-refractivity contribution is -0.142. The largest absolute Gasteiger partial charge is 0.481 e. The van der Waals surface area contributed by atoms with Gasteiger partial charge in [0.15, 0.2) is 0 Å². The van der Waals surface area contributed by atoms with E-state index in [1.165, 1.54) is 0 Å². The molecule has 7 nitrogen and oxygen atoms in total. The standard InChI is InChI=1S/C14H21N3O4/c1-8-9(13(19)20)4-6-16(8)14(21)17-5-2-3-10-11(17)7-15-12(10)18/h8-11H,2-7H2,1H3,(H,15,18)(H,19,20). The highest BCUT2D eigenvalue weighted by Gasteiger charge is 2.46. The molecule has 0 bridgehead atoms. The molecule has 3 amide bonds. The normalized spacial score (nSPS) is 35.6. The van der Waals surface area contributed by atoms with Crippen molar-refractivity contribution in [2.75, 3.05) is 19.6 Å². The van der Waals surface area contributed by atoms with Crippen molar-refractivity contribution in [1.82, 2.24) is 15.1 Å². The van der Waals surface area contributed by atoms with E-state index in [0.29, 0.717) is 26.1 Å². The lowest BCUT2D eigenvalue weighted by Gasteiger charge is -2.39. The molecule has 3 aliphatic rings. The molecule has 7 heteroatoms. The number of urea groups is 1. The van der Waals surface area contributed by atoms with E-state index in [1.54, 1.807) is 16.7 Å². The van der Waals surface area contributed by atoms with Crippen molar-refractivity contribution in [3.8, 4) is 0 Å². The lowest BCUT2D eigenvalue weighted by Crippen LogP contribution is -2.54. The summed E-state index contributed by atoms with van der Waals surface area (Å²) < 4.78 is 0. The van der Waals surface area contributed by atoms with Gasteiger partial charge >= 0.3 is 12.0 Å². The van der Waals surface area contributed by atoms with Crippen LogP contribution in [0.4, 0.5) is 4.79 Å². The van der Waals surface area contributed by atoms with Gasteiger partial charge in [-0.2, -0.15) is 0 Å². The van der Waals surface area contributed by atoms with E-state index >= 15 is 0 Å². The van der Waals surface area contributed by atoms with Crippen LogP contribution >= 0.6 is 0 Å². The zero-order valence-corrected chi connectivity index (χ0v) is 12.1. The first kappa shape index (κ1) is 14.2. The molecule has 0 spiro atoms. The number of carboxylic acid groups (broad SMARTS) is 1. The SMILES string of the molecule is CC1C(C(=O)O)CCN1C(=O)N1CCCC2C(=O)NCC21. The zero-order valence-electron chi connectivity index (χ0n) is 12.1. The quantitative estimate of drug-likeness (QED) is 0.718.